The highest BCUT2D eigenvalue weighted by molar-refractivity contribution is 7.99. The third-order valence-corrected chi connectivity index (χ3v) is 5.49. The first-order valence-electron chi connectivity index (χ1n) is 8.84. The molecule has 0 bridgehead atoms. The van der Waals surface area contributed by atoms with E-state index in [9.17, 15) is 14.4 Å². The third kappa shape index (κ3) is 4.79. The Morgan fingerprint density at radius 1 is 1.00 bits per heavy atom. The fourth-order valence-electron chi connectivity index (χ4n) is 2.75. The highest BCUT2D eigenvalue weighted by Gasteiger charge is 2.17. The smallest absolute Gasteiger partial charge is 0.254 e. The molecule has 0 aliphatic rings. The van der Waals surface area contributed by atoms with Crippen molar-refractivity contribution in [3.05, 3.63) is 95.3 Å². The molecule has 140 valence electrons. The summed E-state index contributed by atoms with van der Waals surface area (Å²) in [6.45, 7) is 0.526. The van der Waals surface area contributed by atoms with Gasteiger partial charge in [-0.2, -0.15) is 5.26 Å². The molecule has 28 heavy (non-hydrogen) atoms. The predicted octanol–water partition coefficient (Wildman–Crippen LogP) is 5.16. The summed E-state index contributed by atoms with van der Waals surface area (Å²) in [6, 6.07) is 23.3. The number of rotatable bonds is 6. The molecule has 3 rings (SSSR count). The second kappa shape index (κ2) is 9.20. The minimum absolute atomic E-state index is 0.0837. The molecular weight excluding hydrogens is 371 g/mol. The molecule has 0 atom stereocenters. The van der Waals surface area contributed by atoms with Crippen LogP contribution in [0.15, 0.2) is 82.6 Å². The molecule has 0 aliphatic carbocycles. The Labute approximate surface area is 168 Å². The fourth-order valence-corrected chi connectivity index (χ4v) is 3.77. The number of hydrogen-bond acceptors (Lipinski definition) is 3. The lowest BCUT2D eigenvalue weighted by Crippen LogP contribution is -2.29. The maximum atomic E-state index is 13.0. The minimum Gasteiger partial charge on any atom is -0.341 e. The van der Waals surface area contributed by atoms with E-state index < -0.39 is 0 Å². The zero-order chi connectivity index (χ0) is 19.9. The minimum atomic E-state index is -0.267. The van der Waals surface area contributed by atoms with Crippen molar-refractivity contribution in [3.8, 4) is 6.07 Å². The van der Waals surface area contributed by atoms with E-state index in [1.54, 1.807) is 36.2 Å². The van der Waals surface area contributed by atoms with Crippen LogP contribution >= 0.6 is 11.8 Å². The first-order valence-corrected chi connectivity index (χ1v) is 9.66. The monoisotopic (exact) mass is 390 g/mol. The van der Waals surface area contributed by atoms with E-state index >= 15 is 0 Å². The average molecular weight is 390 g/mol. The molecule has 0 spiro atoms. The normalized spacial score (nSPS) is 10.3. The average Bonchev–Trinajstić information content (AvgIpc) is 2.73. The Morgan fingerprint density at radius 2 is 1.64 bits per heavy atom. The zero-order valence-electron chi connectivity index (χ0n) is 15.4. The Kier molecular flexibility index (Phi) is 6.46. The molecule has 5 heteroatoms. The topological polar surface area (TPSA) is 44.1 Å². The first kappa shape index (κ1) is 19.7. The number of hydrogen-bond donors (Lipinski definition) is 0. The van der Waals surface area contributed by atoms with E-state index in [0.29, 0.717) is 24.1 Å². The molecule has 3 aromatic rings. The van der Waals surface area contributed by atoms with Crippen LogP contribution in [0.25, 0.3) is 0 Å². The molecule has 0 unspecified atom stereocenters. The molecule has 0 aliphatic heterocycles. The summed E-state index contributed by atoms with van der Waals surface area (Å²) in [5, 5.41) is 9.30. The maximum Gasteiger partial charge on any atom is 0.254 e. The van der Waals surface area contributed by atoms with Crippen LogP contribution in [-0.2, 0) is 6.42 Å². The largest absolute Gasteiger partial charge is 0.341 e. The number of likely N-dealkylation sites (N-methyl/N-ethyl adjacent to an activating group) is 1. The maximum absolute atomic E-state index is 13.0. The van der Waals surface area contributed by atoms with Gasteiger partial charge in [0.15, 0.2) is 0 Å². The van der Waals surface area contributed by atoms with Gasteiger partial charge in [0.25, 0.3) is 5.91 Å². The number of carbonyl (C=O) groups excluding carboxylic acids is 1. The molecule has 3 aromatic carbocycles. The van der Waals surface area contributed by atoms with Gasteiger partial charge in [-0.15, -0.1) is 0 Å². The Balaban J connectivity index is 1.74. The SMILES string of the molecule is CN(CCc1ccc(F)cc1)C(=O)c1ccccc1Sc1ccccc1C#N. The highest BCUT2D eigenvalue weighted by Crippen LogP contribution is 2.33. The van der Waals surface area contributed by atoms with Crippen LogP contribution < -0.4 is 0 Å². The van der Waals surface area contributed by atoms with Crippen LogP contribution in [0.2, 0.25) is 0 Å². The van der Waals surface area contributed by atoms with Crippen LogP contribution in [0.3, 0.4) is 0 Å². The van der Waals surface area contributed by atoms with E-state index in [1.807, 2.05) is 36.4 Å². The zero-order valence-corrected chi connectivity index (χ0v) is 16.2. The van der Waals surface area contributed by atoms with Crippen molar-refractivity contribution in [2.45, 2.75) is 16.2 Å². The second-order valence-corrected chi connectivity index (χ2v) is 7.39. The molecule has 0 heterocycles. The number of nitriles is 1. The first-order chi connectivity index (χ1) is 13.6. The lowest BCUT2D eigenvalue weighted by Gasteiger charge is -2.19. The number of benzene rings is 3. The van der Waals surface area contributed by atoms with Crippen LogP contribution in [0.1, 0.15) is 21.5 Å². The van der Waals surface area contributed by atoms with Gasteiger partial charge in [0.05, 0.1) is 11.1 Å². The molecule has 0 N–H and O–H groups in total. The van der Waals surface area contributed by atoms with Crippen LogP contribution in [-0.4, -0.2) is 24.4 Å². The number of halogens is 1. The molecule has 0 aromatic heterocycles. The van der Waals surface area contributed by atoms with Gasteiger partial charge < -0.3 is 4.90 Å². The summed E-state index contributed by atoms with van der Waals surface area (Å²) in [7, 11) is 1.76. The van der Waals surface area contributed by atoms with Gasteiger partial charge >= 0.3 is 0 Å². The van der Waals surface area contributed by atoms with E-state index in [1.165, 1.54) is 23.9 Å². The van der Waals surface area contributed by atoms with Crippen molar-refractivity contribution in [2.75, 3.05) is 13.6 Å². The van der Waals surface area contributed by atoms with E-state index in [4.69, 9.17) is 0 Å². The summed E-state index contributed by atoms with van der Waals surface area (Å²) in [4.78, 5) is 16.3. The molecular formula is C23H19FN2OS. The Bertz CT molecular complexity index is 1010. The van der Waals surface area contributed by atoms with Crippen LogP contribution in [0.4, 0.5) is 4.39 Å². The number of amides is 1. The van der Waals surface area contributed by atoms with E-state index in [-0.39, 0.29) is 11.7 Å². The van der Waals surface area contributed by atoms with Gasteiger partial charge in [0.2, 0.25) is 0 Å². The van der Waals surface area contributed by atoms with Gasteiger partial charge in [-0.3, -0.25) is 4.79 Å². The lowest BCUT2D eigenvalue weighted by atomic mass is 10.1. The van der Waals surface area contributed by atoms with Gasteiger partial charge in [0, 0.05) is 23.4 Å². The Hall–Kier alpha value is -3.10. The Morgan fingerprint density at radius 3 is 2.36 bits per heavy atom. The van der Waals surface area contributed by atoms with Crippen LogP contribution in [0, 0.1) is 17.1 Å². The van der Waals surface area contributed by atoms with Gasteiger partial charge in [-0.1, -0.05) is 48.2 Å². The van der Waals surface area contributed by atoms with Gasteiger partial charge in [0.1, 0.15) is 11.9 Å². The van der Waals surface area contributed by atoms with E-state index in [0.717, 1.165) is 15.4 Å². The van der Waals surface area contributed by atoms with Crippen molar-refractivity contribution in [2.24, 2.45) is 0 Å². The third-order valence-electron chi connectivity index (χ3n) is 4.34. The molecule has 0 fully saturated rings. The quantitative estimate of drug-likeness (QED) is 0.584. The molecule has 1 amide bonds. The summed E-state index contributed by atoms with van der Waals surface area (Å²) < 4.78 is 13.0. The van der Waals surface area contributed by atoms with Crippen molar-refractivity contribution < 1.29 is 9.18 Å². The highest BCUT2D eigenvalue weighted by atomic mass is 32.2. The summed E-state index contributed by atoms with van der Waals surface area (Å²) in [5.74, 6) is -0.351. The van der Waals surface area contributed by atoms with Crippen molar-refractivity contribution in [1.29, 1.82) is 5.26 Å². The summed E-state index contributed by atoms with van der Waals surface area (Å²) >= 11 is 1.42. The molecule has 3 nitrogen and oxygen atoms in total. The lowest BCUT2D eigenvalue weighted by molar-refractivity contribution is 0.0793. The summed E-state index contributed by atoms with van der Waals surface area (Å²) in [6.07, 6.45) is 0.648. The number of carbonyl (C=O) groups is 1. The van der Waals surface area contributed by atoms with Gasteiger partial charge in [-0.25, -0.2) is 4.39 Å². The van der Waals surface area contributed by atoms with E-state index in [2.05, 4.69) is 6.07 Å². The molecule has 0 saturated carbocycles. The summed E-state index contributed by atoms with van der Waals surface area (Å²) in [5.41, 5.74) is 2.16. The molecule has 0 radical (unpaired) electrons. The van der Waals surface area contributed by atoms with Gasteiger partial charge in [-0.05, 0) is 48.4 Å². The van der Waals surface area contributed by atoms with Crippen molar-refractivity contribution in [1.82, 2.24) is 4.90 Å². The second-order valence-electron chi connectivity index (χ2n) is 6.31. The standard InChI is InChI=1S/C23H19FN2OS/c1-26(15-14-17-10-12-19(24)13-11-17)23(27)20-7-3-5-9-22(20)28-21-8-4-2-6-18(21)16-25/h2-13H,14-15H2,1H3. The van der Waals surface area contributed by atoms with Crippen molar-refractivity contribution >= 4 is 17.7 Å². The predicted molar refractivity (Wildman–Crippen MR) is 109 cm³/mol. The number of nitrogens with zero attached hydrogens (tertiary/aromatic N) is 2. The fraction of sp³-hybridized carbons (Fsp3) is 0.130. The molecule has 0 saturated heterocycles. The van der Waals surface area contributed by atoms with Crippen LogP contribution in [0.5, 0.6) is 0 Å². The van der Waals surface area contributed by atoms with Crippen molar-refractivity contribution in [3.63, 3.8) is 0 Å².